The molecule has 1 aromatic rings. The lowest BCUT2D eigenvalue weighted by Gasteiger charge is -2.36. The van der Waals surface area contributed by atoms with Crippen molar-refractivity contribution in [1.82, 2.24) is 9.80 Å². The predicted octanol–water partition coefficient (Wildman–Crippen LogP) is 3.39. The molecular formula is C18H26N2O2S. The van der Waals surface area contributed by atoms with Crippen LogP contribution in [0, 0.1) is 5.92 Å². The Labute approximate surface area is 142 Å². The summed E-state index contributed by atoms with van der Waals surface area (Å²) < 4.78 is 0. The van der Waals surface area contributed by atoms with Crippen molar-refractivity contribution < 1.29 is 9.59 Å². The molecule has 1 aromatic heterocycles. The van der Waals surface area contributed by atoms with Gasteiger partial charge < -0.3 is 9.80 Å². The van der Waals surface area contributed by atoms with E-state index >= 15 is 0 Å². The monoisotopic (exact) mass is 334 g/mol. The highest BCUT2D eigenvalue weighted by Gasteiger charge is 2.33. The first kappa shape index (κ1) is 16.5. The number of amides is 2. The molecule has 0 aromatic carbocycles. The summed E-state index contributed by atoms with van der Waals surface area (Å²) in [6.07, 6.45) is 6.44. The summed E-state index contributed by atoms with van der Waals surface area (Å²) in [5.41, 5.74) is 0. The highest BCUT2D eigenvalue weighted by atomic mass is 32.1. The van der Waals surface area contributed by atoms with Crippen LogP contribution in [-0.4, -0.2) is 47.3 Å². The molecule has 3 rings (SSSR count). The van der Waals surface area contributed by atoms with E-state index in [0.717, 1.165) is 37.1 Å². The summed E-state index contributed by atoms with van der Waals surface area (Å²) in [6, 6.07) is 4.25. The molecule has 1 aliphatic heterocycles. The largest absolute Gasteiger partial charge is 0.340 e. The summed E-state index contributed by atoms with van der Waals surface area (Å²) in [4.78, 5) is 30.0. The van der Waals surface area contributed by atoms with Crippen molar-refractivity contribution in [2.24, 2.45) is 5.92 Å². The van der Waals surface area contributed by atoms with E-state index in [-0.39, 0.29) is 11.8 Å². The van der Waals surface area contributed by atoms with Gasteiger partial charge >= 0.3 is 0 Å². The van der Waals surface area contributed by atoms with Gasteiger partial charge in [-0.05, 0) is 44.1 Å². The Bertz CT molecular complexity index is 529. The molecule has 0 atom stereocenters. The number of nitrogens with zero attached hydrogens (tertiary/aromatic N) is 2. The van der Waals surface area contributed by atoms with Gasteiger partial charge in [-0.25, -0.2) is 0 Å². The van der Waals surface area contributed by atoms with Crippen LogP contribution in [-0.2, 0) is 4.79 Å². The van der Waals surface area contributed by atoms with Crippen LogP contribution in [0.4, 0.5) is 0 Å². The fraction of sp³-hybridized carbons (Fsp3) is 0.667. The van der Waals surface area contributed by atoms with E-state index in [2.05, 4.69) is 11.8 Å². The van der Waals surface area contributed by atoms with E-state index in [1.807, 2.05) is 22.4 Å². The van der Waals surface area contributed by atoms with Crippen LogP contribution >= 0.6 is 11.3 Å². The first-order valence-corrected chi connectivity index (χ1v) is 9.72. The third-order valence-electron chi connectivity index (χ3n) is 5.25. The lowest BCUT2D eigenvalue weighted by molar-refractivity contribution is -0.139. The number of piperidine rings is 1. The highest BCUT2D eigenvalue weighted by Crippen LogP contribution is 2.28. The Hall–Kier alpha value is -1.36. The van der Waals surface area contributed by atoms with E-state index in [4.69, 9.17) is 0 Å². The van der Waals surface area contributed by atoms with Crippen molar-refractivity contribution in [3.8, 4) is 0 Å². The smallest absolute Gasteiger partial charge is 0.263 e. The van der Waals surface area contributed by atoms with E-state index < -0.39 is 0 Å². The van der Waals surface area contributed by atoms with Crippen molar-refractivity contribution in [3.63, 3.8) is 0 Å². The molecule has 5 heteroatoms. The molecule has 2 heterocycles. The SMILES string of the molecule is CCN(C(=O)C1CCN(C(=O)c2cccs2)CC1)C1CCCC1. The zero-order chi connectivity index (χ0) is 16.2. The number of carbonyl (C=O) groups excluding carboxylic acids is 2. The molecule has 2 fully saturated rings. The number of rotatable bonds is 4. The number of likely N-dealkylation sites (tertiary alicyclic amines) is 1. The topological polar surface area (TPSA) is 40.6 Å². The Morgan fingerprint density at radius 2 is 1.91 bits per heavy atom. The minimum Gasteiger partial charge on any atom is -0.340 e. The Morgan fingerprint density at radius 3 is 2.48 bits per heavy atom. The van der Waals surface area contributed by atoms with Crippen LogP contribution < -0.4 is 0 Å². The Kier molecular flexibility index (Phi) is 5.36. The predicted molar refractivity (Wildman–Crippen MR) is 92.6 cm³/mol. The van der Waals surface area contributed by atoms with E-state index in [0.29, 0.717) is 25.0 Å². The molecule has 1 saturated carbocycles. The van der Waals surface area contributed by atoms with Gasteiger partial charge in [0, 0.05) is 31.6 Å². The van der Waals surface area contributed by atoms with Gasteiger partial charge in [0.05, 0.1) is 4.88 Å². The fourth-order valence-electron chi connectivity index (χ4n) is 3.93. The maximum Gasteiger partial charge on any atom is 0.263 e. The second-order valence-electron chi connectivity index (χ2n) is 6.61. The van der Waals surface area contributed by atoms with Crippen molar-refractivity contribution in [2.75, 3.05) is 19.6 Å². The van der Waals surface area contributed by atoms with Crippen molar-refractivity contribution in [3.05, 3.63) is 22.4 Å². The van der Waals surface area contributed by atoms with Gasteiger partial charge in [-0.2, -0.15) is 0 Å². The number of hydrogen-bond donors (Lipinski definition) is 0. The molecule has 1 aliphatic carbocycles. The molecular weight excluding hydrogens is 308 g/mol. The van der Waals surface area contributed by atoms with Crippen molar-refractivity contribution in [1.29, 1.82) is 0 Å². The molecule has 1 saturated heterocycles. The van der Waals surface area contributed by atoms with Gasteiger partial charge in [0.25, 0.3) is 5.91 Å². The molecule has 0 bridgehead atoms. The Balaban J connectivity index is 1.55. The molecule has 0 unspecified atom stereocenters. The van der Waals surface area contributed by atoms with Crippen LogP contribution in [0.3, 0.4) is 0 Å². The highest BCUT2D eigenvalue weighted by molar-refractivity contribution is 7.12. The second-order valence-corrected chi connectivity index (χ2v) is 7.55. The van der Waals surface area contributed by atoms with Crippen LogP contribution in [0.2, 0.25) is 0 Å². The number of carbonyl (C=O) groups is 2. The summed E-state index contributed by atoms with van der Waals surface area (Å²) in [6.45, 7) is 4.31. The van der Waals surface area contributed by atoms with Crippen molar-refractivity contribution >= 4 is 23.2 Å². The normalized spacial score (nSPS) is 20.0. The van der Waals surface area contributed by atoms with Gasteiger partial charge in [-0.15, -0.1) is 11.3 Å². The molecule has 0 radical (unpaired) electrons. The number of thiophene rings is 1. The third kappa shape index (κ3) is 3.60. The zero-order valence-corrected chi connectivity index (χ0v) is 14.7. The minimum atomic E-state index is 0.0999. The van der Waals surface area contributed by atoms with Crippen LogP contribution in [0.5, 0.6) is 0 Å². The van der Waals surface area contributed by atoms with Crippen LogP contribution in [0.1, 0.15) is 55.1 Å². The van der Waals surface area contributed by atoms with E-state index in [9.17, 15) is 9.59 Å². The average Bonchev–Trinajstić information content (AvgIpc) is 3.29. The van der Waals surface area contributed by atoms with Gasteiger partial charge in [-0.3, -0.25) is 9.59 Å². The summed E-state index contributed by atoms with van der Waals surface area (Å²) in [5.74, 6) is 0.541. The van der Waals surface area contributed by atoms with E-state index in [1.54, 1.807) is 0 Å². The molecule has 0 N–H and O–H groups in total. The van der Waals surface area contributed by atoms with Crippen molar-refractivity contribution in [2.45, 2.75) is 51.5 Å². The van der Waals surface area contributed by atoms with Gasteiger partial charge in [0.15, 0.2) is 0 Å². The Morgan fingerprint density at radius 1 is 1.22 bits per heavy atom. The minimum absolute atomic E-state index is 0.0999. The quantitative estimate of drug-likeness (QED) is 0.847. The fourth-order valence-corrected chi connectivity index (χ4v) is 4.62. The number of hydrogen-bond acceptors (Lipinski definition) is 3. The summed E-state index contributed by atoms with van der Waals surface area (Å²) in [7, 11) is 0. The second kappa shape index (κ2) is 7.47. The molecule has 0 spiro atoms. The van der Waals surface area contributed by atoms with Crippen LogP contribution in [0.15, 0.2) is 17.5 Å². The molecule has 126 valence electrons. The standard InChI is InChI=1S/C18H26N2O2S/c1-2-20(15-6-3-4-7-15)17(21)14-9-11-19(12-10-14)18(22)16-8-5-13-23-16/h5,8,13-15H,2-4,6-7,9-12H2,1H3. The maximum atomic E-state index is 12.8. The molecule has 4 nitrogen and oxygen atoms in total. The first-order chi connectivity index (χ1) is 11.2. The lowest BCUT2D eigenvalue weighted by Crippen LogP contribution is -2.47. The zero-order valence-electron chi connectivity index (χ0n) is 13.9. The first-order valence-electron chi connectivity index (χ1n) is 8.84. The third-order valence-corrected chi connectivity index (χ3v) is 6.11. The van der Waals surface area contributed by atoms with Gasteiger partial charge in [0.2, 0.25) is 5.91 Å². The van der Waals surface area contributed by atoms with E-state index in [1.165, 1.54) is 24.2 Å². The average molecular weight is 334 g/mol. The lowest BCUT2D eigenvalue weighted by atomic mass is 9.94. The molecule has 2 amide bonds. The molecule has 23 heavy (non-hydrogen) atoms. The van der Waals surface area contributed by atoms with Gasteiger partial charge in [0.1, 0.15) is 0 Å². The summed E-state index contributed by atoms with van der Waals surface area (Å²) in [5, 5.41) is 1.93. The van der Waals surface area contributed by atoms with Crippen LogP contribution in [0.25, 0.3) is 0 Å². The maximum absolute atomic E-state index is 12.8. The molecule has 2 aliphatic rings. The summed E-state index contributed by atoms with van der Waals surface area (Å²) >= 11 is 1.49. The van der Waals surface area contributed by atoms with Gasteiger partial charge in [-0.1, -0.05) is 18.9 Å².